The van der Waals surface area contributed by atoms with Gasteiger partial charge in [0.2, 0.25) is 0 Å². The van der Waals surface area contributed by atoms with Gasteiger partial charge in [0.1, 0.15) is 10.4 Å². The summed E-state index contributed by atoms with van der Waals surface area (Å²) in [5.74, 6) is 0.490. The van der Waals surface area contributed by atoms with E-state index in [0.29, 0.717) is 33.3 Å². The predicted octanol–water partition coefficient (Wildman–Crippen LogP) is 4.81. The highest BCUT2D eigenvalue weighted by atomic mass is 79.9. The van der Waals surface area contributed by atoms with Gasteiger partial charge < -0.3 is 4.42 Å². The summed E-state index contributed by atoms with van der Waals surface area (Å²) in [6.07, 6.45) is 1.68. The SMILES string of the molecule is C=CCn1c(SCc2cc(=O)oc3cc(Br)ccc23)nc2sccc2c1=O. The van der Waals surface area contributed by atoms with Crippen molar-refractivity contribution in [3.8, 4) is 0 Å². The van der Waals surface area contributed by atoms with Crippen LogP contribution in [-0.2, 0) is 12.3 Å². The molecule has 136 valence electrons. The van der Waals surface area contributed by atoms with E-state index < -0.39 is 5.63 Å². The Hall–Kier alpha value is -2.16. The van der Waals surface area contributed by atoms with Crippen LogP contribution in [0, 0.1) is 0 Å². The number of halogens is 1. The second-order valence-corrected chi connectivity index (χ2v) is 8.51. The third-order valence-corrected chi connectivity index (χ3v) is 6.33. The van der Waals surface area contributed by atoms with Crippen molar-refractivity contribution in [3.63, 3.8) is 0 Å². The van der Waals surface area contributed by atoms with Crippen LogP contribution in [0.15, 0.2) is 72.0 Å². The van der Waals surface area contributed by atoms with Crippen molar-refractivity contribution in [2.75, 3.05) is 0 Å². The number of thiophene rings is 1. The number of thioether (sulfide) groups is 1. The van der Waals surface area contributed by atoms with E-state index in [-0.39, 0.29) is 5.56 Å². The van der Waals surface area contributed by atoms with Crippen LogP contribution in [0.4, 0.5) is 0 Å². The zero-order chi connectivity index (χ0) is 19.0. The molecular formula is C19H13BrN2O3S2. The lowest BCUT2D eigenvalue weighted by Gasteiger charge is -2.11. The molecule has 0 spiro atoms. The van der Waals surface area contributed by atoms with Crippen LogP contribution in [0.2, 0.25) is 0 Å². The van der Waals surface area contributed by atoms with Crippen molar-refractivity contribution in [2.24, 2.45) is 0 Å². The predicted molar refractivity (Wildman–Crippen MR) is 114 cm³/mol. The molecule has 4 rings (SSSR count). The molecule has 5 nitrogen and oxygen atoms in total. The van der Waals surface area contributed by atoms with Gasteiger partial charge in [-0.1, -0.05) is 33.8 Å². The van der Waals surface area contributed by atoms with Crippen molar-refractivity contribution >= 4 is 60.2 Å². The normalized spacial score (nSPS) is 11.3. The van der Waals surface area contributed by atoms with Gasteiger partial charge in [-0.3, -0.25) is 9.36 Å². The lowest BCUT2D eigenvalue weighted by molar-refractivity contribution is 0.559. The Kier molecular flexibility index (Phi) is 5.03. The van der Waals surface area contributed by atoms with Gasteiger partial charge in [0.15, 0.2) is 5.16 Å². The molecule has 0 bridgehead atoms. The molecule has 4 aromatic rings. The lowest BCUT2D eigenvalue weighted by Crippen LogP contribution is -2.22. The van der Waals surface area contributed by atoms with Gasteiger partial charge in [-0.25, -0.2) is 9.78 Å². The molecule has 0 N–H and O–H groups in total. The molecule has 0 amide bonds. The summed E-state index contributed by atoms with van der Waals surface area (Å²) in [7, 11) is 0. The van der Waals surface area contributed by atoms with Crippen LogP contribution in [0.5, 0.6) is 0 Å². The highest BCUT2D eigenvalue weighted by Crippen LogP contribution is 2.28. The van der Waals surface area contributed by atoms with Gasteiger partial charge >= 0.3 is 5.63 Å². The van der Waals surface area contributed by atoms with Crippen LogP contribution < -0.4 is 11.2 Å². The Morgan fingerprint density at radius 1 is 1.26 bits per heavy atom. The van der Waals surface area contributed by atoms with Crippen molar-refractivity contribution in [1.82, 2.24) is 9.55 Å². The topological polar surface area (TPSA) is 65.1 Å². The monoisotopic (exact) mass is 460 g/mol. The number of allylic oxidation sites excluding steroid dienone is 1. The molecule has 0 aliphatic carbocycles. The maximum absolute atomic E-state index is 12.7. The van der Waals surface area contributed by atoms with E-state index in [2.05, 4.69) is 27.5 Å². The molecule has 0 saturated heterocycles. The van der Waals surface area contributed by atoms with Crippen molar-refractivity contribution < 1.29 is 4.42 Å². The van der Waals surface area contributed by atoms with E-state index in [1.807, 2.05) is 17.5 Å². The Labute approximate surface area is 170 Å². The van der Waals surface area contributed by atoms with E-state index in [1.54, 1.807) is 22.8 Å². The third kappa shape index (κ3) is 3.52. The Morgan fingerprint density at radius 3 is 2.93 bits per heavy atom. The van der Waals surface area contributed by atoms with Crippen molar-refractivity contribution in [2.45, 2.75) is 17.5 Å². The smallest absolute Gasteiger partial charge is 0.336 e. The van der Waals surface area contributed by atoms with E-state index in [4.69, 9.17) is 4.42 Å². The summed E-state index contributed by atoms with van der Waals surface area (Å²) >= 11 is 6.24. The molecule has 0 aliphatic heterocycles. The zero-order valence-electron chi connectivity index (χ0n) is 14.0. The fourth-order valence-electron chi connectivity index (χ4n) is 2.80. The number of nitrogens with zero attached hydrogens (tertiary/aromatic N) is 2. The number of aromatic nitrogens is 2. The first-order valence-corrected chi connectivity index (χ1v) is 10.7. The quantitative estimate of drug-likeness (QED) is 0.185. The summed E-state index contributed by atoms with van der Waals surface area (Å²) < 4.78 is 7.73. The maximum atomic E-state index is 12.7. The number of fused-ring (bicyclic) bond motifs is 2. The van der Waals surface area contributed by atoms with Gasteiger partial charge in [-0.15, -0.1) is 17.9 Å². The molecule has 0 fully saturated rings. The van der Waals surface area contributed by atoms with E-state index in [0.717, 1.165) is 15.4 Å². The minimum Gasteiger partial charge on any atom is -0.423 e. The molecule has 1 aromatic carbocycles. The first-order chi connectivity index (χ1) is 13.1. The first kappa shape index (κ1) is 18.2. The van der Waals surface area contributed by atoms with Crippen LogP contribution in [-0.4, -0.2) is 9.55 Å². The van der Waals surface area contributed by atoms with Crippen molar-refractivity contribution in [3.05, 3.63) is 79.2 Å². The molecule has 0 saturated carbocycles. The van der Waals surface area contributed by atoms with E-state index in [9.17, 15) is 9.59 Å². The largest absolute Gasteiger partial charge is 0.423 e. The average Bonchev–Trinajstić information content (AvgIpc) is 3.10. The third-order valence-electron chi connectivity index (χ3n) is 4.01. The summed E-state index contributed by atoms with van der Waals surface area (Å²) in [4.78, 5) is 30.0. The summed E-state index contributed by atoms with van der Waals surface area (Å²) in [5, 5.41) is 3.94. The lowest BCUT2D eigenvalue weighted by atomic mass is 10.1. The molecule has 3 heterocycles. The average molecular weight is 461 g/mol. The number of hydrogen-bond donors (Lipinski definition) is 0. The Bertz CT molecular complexity index is 1290. The van der Waals surface area contributed by atoms with Crippen molar-refractivity contribution in [1.29, 1.82) is 0 Å². The molecule has 27 heavy (non-hydrogen) atoms. The van der Waals surface area contributed by atoms with Gasteiger partial charge in [-0.05, 0) is 35.2 Å². The van der Waals surface area contributed by atoms with Gasteiger partial charge in [-0.2, -0.15) is 0 Å². The fraction of sp³-hybridized carbons (Fsp3) is 0.105. The van der Waals surface area contributed by atoms with Gasteiger partial charge in [0, 0.05) is 28.2 Å². The first-order valence-electron chi connectivity index (χ1n) is 8.01. The Balaban J connectivity index is 1.77. The molecule has 0 aliphatic rings. The summed E-state index contributed by atoms with van der Waals surface area (Å²) in [6, 6.07) is 8.86. The van der Waals surface area contributed by atoms with Crippen LogP contribution >= 0.6 is 39.0 Å². The maximum Gasteiger partial charge on any atom is 0.336 e. The van der Waals surface area contributed by atoms with Crippen LogP contribution in [0.25, 0.3) is 21.2 Å². The zero-order valence-corrected chi connectivity index (χ0v) is 17.2. The molecule has 0 radical (unpaired) electrons. The molecule has 0 atom stereocenters. The molecule has 8 heteroatoms. The Morgan fingerprint density at radius 2 is 2.11 bits per heavy atom. The summed E-state index contributed by atoms with van der Waals surface area (Å²) in [6.45, 7) is 4.11. The fourth-order valence-corrected chi connectivity index (χ4v) is 4.94. The van der Waals surface area contributed by atoms with E-state index in [1.165, 1.54) is 29.2 Å². The second-order valence-electron chi connectivity index (χ2n) is 5.76. The van der Waals surface area contributed by atoms with Crippen LogP contribution in [0.3, 0.4) is 0 Å². The van der Waals surface area contributed by atoms with Gasteiger partial charge in [0.05, 0.1) is 5.39 Å². The summed E-state index contributed by atoms with van der Waals surface area (Å²) in [5.41, 5.74) is 0.883. The molecular weight excluding hydrogens is 448 g/mol. The number of hydrogen-bond acceptors (Lipinski definition) is 6. The molecule has 0 unspecified atom stereocenters. The van der Waals surface area contributed by atoms with Crippen LogP contribution in [0.1, 0.15) is 5.56 Å². The minimum atomic E-state index is -0.402. The molecule has 3 aromatic heterocycles. The van der Waals surface area contributed by atoms with Gasteiger partial charge in [0.25, 0.3) is 5.56 Å². The highest BCUT2D eigenvalue weighted by molar-refractivity contribution is 9.10. The number of rotatable bonds is 5. The number of benzene rings is 1. The second kappa shape index (κ2) is 7.46. The standard InChI is InChI=1S/C19H13BrN2O3S2/c1-2-6-22-18(24)14-5-7-26-17(14)21-19(22)27-10-11-8-16(23)25-15-9-12(20)3-4-13(11)15/h2-5,7-9H,1,6,10H2. The van der Waals surface area contributed by atoms with E-state index >= 15 is 0 Å². The minimum absolute atomic E-state index is 0.0787. The highest BCUT2D eigenvalue weighted by Gasteiger charge is 2.13.